The number of rotatable bonds is 6. The maximum atomic E-state index is 8.86. The van der Waals surface area contributed by atoms with Crippen LogP contribution in [0.15, 0.2) is 48.7 Å². The summed E-state index contributed by atoms with van der Waals surface area (Å²) in [4.78, 5) is 8.64. The minimum atomic E-state index is 0.407. The fraction of sp³-hybridized carbons (Fsp3) is 0.105. The number of anilines is 4. The van der Waals surface area contributed by atoms with Crippen LogP contribution in [0.1, 0.15) is 5.56 Å². The average molecular weight is 382 g/mol. The van der Waals surface area contributed by atoms with E-state index in [-0.39, 0.29) is 0 Å². The summed E-state index contributed by atoms with van der Waals surface area (Å²) in [5.74, 6) is 2.04. The summed E-state index contributed by atoms with van der Waals surface area (Å²) in [5.41, 5.74) is 2.01. The average Bonchev–Trinajstić information content (AvgIpc) is 2.70. The second-order valence-corrected chi connectivity index (χ2v) is 5.80. The SMILES string of the molecule is COc1cc(Nc2ccnc(Nc3ccc(C#N)cc3)n2)c(OC)cc1Cl. The third-order valence-corrected chi connectivity index (χ3v) is 3.96. The lowest BCUT2D eigenvalue weighted by Gasteiger charge is -2.14. The Labute approximate surface area is 161 Å². The van der Waals surface area contributed by atoms with E-state index in [0.29, 0.717) is 39.5 Å². The highest BCUT2D eigenvalue weighted by atomic mass is 35.5. The van der Waals surface area contributed by atoms with Crippen LogP contribution in [0.3, 0.4) is 0 Å². The van der Waals surface area contributed by atoms with E-state index in [1.165, 1.54) is 0 Å². The van der Waals surface area contributed by atoms with Crippen LogP contribution in [-0.2, 0) is 0 Å². The summed E-state index contributed by atoms with van der Waals surface area (Å²) in [6.45, 7) is 0. The molecule has 8 heteroatoms. The van der Waals surface area contributed by atoms with Gasteiger partial charge >= 0.3 is 0 Å². The first-order chi connectivity index (χ1) is 13.1. The van der Waals surface area contributed by atoms with Crippen LogP contribution in [0.25, 0.3) is 0 Å². The molecular formula is C19H16ClN5O2. The Morgan fingerprint density at radius 2 is 1.74 bits per heavy atom. The van der Waals surface area contributed by atoms with Crippen LogP contribution in [0.4, 0.5) is 23.1 Å². The molecule has 3 rings (SSSR count). The van der Waals surface area contributed by atoms with Crippen molar-refractivity contribution in [2.45, 2.75) is 0 Å². The monoisotopic (exact) mass is 381 g/mol. The number of nitrogens with one attached hydrogen (secondary N) is 2. The van der Waals surface area contributed by atoms with E-state index in [1.807, 2.05) is 0 Å². The third-order valence-electron chi connectivity index (χ3n) is 3.66. The number of halogens is 1. The van der Waals surface area contributed by atoms with E-state index >= 15 is 0 Å². The molecule has 0 bridgehead atoms. The smallest absolute Gasteiger partial charge is 0.229 e. The second kappa shape index (κ2) is 8.25. The van der Waals surface area contributed by atoms with Crippen molar-refractivity contribution >= 4 is 34.7 Å². The van der Waals surface area contributed by atoms with Gasteiger partial charge in [0.15, 0.2) is 0 Å². The zero-order chi connectivity index (χ0) is 19.2. The van der Waals surface area contributed by atoms with Gasteiger partial charge in [-0.15, -0.1) is 0 Å². The number of nitriles is 1. The number of nitrogens with zero attached hydrogens (tertiary/aromatic N) is 3. The Balaban J connectivity index is 1.82. The molecule has 2 N–H and O–H groups in total. The molecular weight excluding hydrogens is 366 g/mol. The minimum absolute atomic E-state index is 0.407. The molecule has 2 aromatic carbocycles. The van der Waals surface area contributed by atoms with Gasteiger partial charge in [-0.2, -0.15) is 10.2 Å². The number of hydrogen-bond acceptors (Lipinski definition) is 7. The number of hydrogen-bond donors (Lipinski definition) is 2. The summed E-state index contributed by atoms with van der Waals surface area (Å²) < 4.78 is 10.6. The maximum Gasteiger partial charge on any atom is 0.229 e. The van der Waals surface area contributed by atoms with Crippen LogP contribution >= 0.6 is 11.6 Å². The van der Waals surface area contributed by atoms with Gasteiger partial charge in [0, 0.05) is 24.0 Å². The van der Waals surface area contributed by atoms with Crippen LogP contribution < -0.4 is 20.1 Å². The van der Waals surface area contributed by atoms with Gasteiger partial charge in [0.2, 0.25) is 5.95 Å². The fourth-order valence-corrected chi connectivity index (χ4v) is 2.57. The molecule has 7 nitrogen and oxygen atoms in total. The highest BCUT2D eigenvalue weighted by molar-refractivity contribution is 6.32. The fourth-order valence-electron chi connectivity index (χ4n) is 2.34. The predicted molar refractivity (Wildman–Crippen MR) is 104 cm³/mol. The van der Waals surface area contributed by atoms with Gasteiger partial charge in [0.1, 0.15) is 17.3 Å². The Hall–Kier alpha value is -3.50. The van der Waals surface area contributed by atoms with Crippen molar-refractivity contribution in [2.24, 2.45) is 0 Å². The lowest BCUT2D eigenvalue weighted by atomic mass is 10.2. The summed E-state index contributed by atoms with van der Waals surface area (Å²) in [7, 11) is 3.10. The van der Waals surface area contributed by atoms with Crippen molar-refractivity contribution in [3.05, 3.63) is 59.2 Å². The molecule has 27 heavy (non-hydrogen) atoms. The van der Waals surface area contributed by atoms with Crippen molar-refractivity contribution in [1.29, 1.82) is 5.26 Å². The van der Waals surface area contributed by atoms with E-state index < -0.39 is 0 Å². The first-order valence-electron chi connectivity index (χ1n) is 7.91. The van der Waals surface area contributed by atoms with E-state index in [0.717, 1.165) is 5.69 Å². The molecule has 0 fully saturated rings. The Morgan fingerprint density at radius 3 is 2.41 bits per heavy atom. The van der Waals surface area contributed by atoms with Crippen LogP contribution in [0.2, 0.25) is 5.02 Å². The Morgan fingerprint density at radius 1 is 1.00 bits per heavy atom. The molecule has 0 aliphatic heterocycles. The molecule has 0 atom stereocenters. The van der Waals surface area contributed by atoms with E-state index in [2.05, 4.69) is 26.7 Å². The molecule has 1 aromatic heterocycles. The van der Waals surface area contributed by atoms with Crippen LogP contribution in [0.5, 0.6) is 11.5 Å². The van der Waals surface area contributed by atoms with Gasteiger partial charge in [0.05, 0.1) is 36.6 Å². The first-order valence-corrected chi connectivity index (χ1v) is 8.29. The summed E-state index contributed by atoms with van der Waals surface area (Å²) in [6, 6.07) is 14.2. The standard InChI is InChI=1S/C19H16ClN5O2/c1-26-16-10-15(17(27-2)9-14(16)20)24-18-7-8-22-19(25-18)23-13-5-3-12(11-21)4-6-13/h3-10H,1-2H3,(H2,22,23,24,25). The number of benzene rings is 2. The van der Waals surface area contributed by atoms with Crippen LogP contribution in [-0.4, -0.2) is 24.2 Å². The normalized spacial score (nSPS) is 10.0. The summed E-state index contributed by atoms with van der Waals surface area (Å²) >= 11 is 6.13. The molecule has 0 saturated carbocycles. The van der Waals surface area contributed by atoms with Gasteiger partial charge in [-0.25, -0.2) is 4.98 Å². The molecule has 0 aliphatic carbocycles. The largest absolute Gasteiger partial charge is 0.495 e. The van der Waals surface area contributed by atoms with Crippen molar-refractivity contribution in [2.75, 3.05) is 24.9 Å². The molecule has 0 radical (unpaired) electrons. The van der Waals surface area contributed by atoms with Gasteiger partial charge in [-0.3, -0.25) is 0 Å². The van der Waals surface area contributed by atoms with E-state index in [9.17, 15) is 0 Å². The second-order valence-electron chi connectivity index (χ2n) is 5.39. The number of aromatic nitrogens is 2. The molecule has 0 aliphatic rings. The van der Waals surface area contributed by atoms with Crippen molar-refractivity contribution < 1.29 is 9.47 Å². The zero-order valence-corrected chi connectivity index (χ0v) is 15.4. The minimum Gasteiger partial charge on any atom is -0.495 e. The highest BCUT2D eigenvalue weighted by Gasteiger charge is 2.11. The molecule has 0 amide bonds. The highest BCUT2D eigenvalue weighted by Crippen LogP contribution is 2.37. The van der Waals surface area contributed by atoms with E-state index in [1.54, 1.807) is 62.9 Å². The molecule has 0 spiro atoms. The Bertz CT molecular complexity index is 986. The topological polar surface area (TPSA) is 92.1 Å². The first kappa shape index (κ1) is 18.3. The van der Waals surface area contributed by atoms with Gasteiger partial charge in [-0.05, 0) is 30.3 Å². The van der Waals surface area contributed by atoms with Crippen molar-refractivity contribution in [3.63, 3.8) is 0 Å². The number of ether oxygens (including phenoxy) is 2. The molecule has 0 saturated heterocycles. The van der Waals surface area contributed by atoms with Gasteiger partial charge < -0.3 is 20.1 Å². The van der Waals surface area contributed by atoms with Crippen molar-refractivity contribution in [1.82, 2.24) is 9.97 Å². The number of methoxy groups -OCH3 is 2. The quantitative estimate of drug-likeness (QED) is 0.649. The van der Waals surface area contributed by atoms with Gasteiger partial charge in [-0.1, -0.05) is 11.6 Å². The summed E-state index contributed by atoms with van der Waals surface area (Å²) in [6.07, 6.45) is 1.63. The lowest BCUT2D eigenvalue weighted by molar-refractivity contribution is 0.405. The van der Waals surface area contributed by atoms with E-state index in [4.69, 9.17) is 26.3 Å². The zero-order valence-electron chi connectivity index (χ0n) is 14.7. The molecule has 0 unspecified atom stereocenters. The van der Waals surface area contributed by atoms with Crippen LogP contribution in [0, 0.1) is 11.3 Å². The maximum absolute atomic E-state index is 8.86. The third kappa shape index (κ3) is 4.37. The molecule has 136 valence electrons. The summed E-state index contributed by atoms with van der Waals surface area (Å²) in [5, 5.41) is 15.6. The molecule has 3 aromatic rings. The lowest BCUT2D eigenvalue weighted by Crippen LogP contribution is -2.02. The van der Waals surface area contributed by atoms with Gasteiger partial charge in [0.25, 0.3) is 0 Å². The Kier molecular flexibility index (Phi) is 5.59. The van der Waals surface area contributed by atoms with Crippen molar-refractivity contribution in [3.8, 4) is 17.6 Å². The molecule has 1 heterocycles. The predicted octanol–water partition coefficient (Wildman–Crippen LogP) is 4.51.